The Morgan fingerprint density at radius 2 is 1.71 bits per heavy atom. The SMILES string of the molecule is CC.COC(=O)CCCC1CCC2C3C(O)CC4CCC(F)(F)CC4(C)C3CCC12C. The number of fused-ring (bicyclic) bond motifs is 5. The summed E-state index contributed by atoms with van der Waals surface area (Å²) in [7, 11) is 1.43. The van der Waals surface area contributed by atoms with Gasteiger partial charge in [-0.2, -0.15) is 0 Å². The van der Waals surface area contributed by atoms with Crippen LogP contribution in [0.4, 0.5) is 8.78 Å². The first-order chi connectivity index (χ1) is 14.6. The summed E-state index contributed by atoms with van der Waals surface area (Å²) in [5.74, 6) is -1.10. The molecule has 8 atom stereocenters. The van der Waals surface area contributed by atoms with E-state index in [0.717, 1.165) is 38.5 Å². The van der Waals surface area contributed by atoms with E-state index in [4.69, 9.17) is 4.74 Å². The van der Waals surface area contributed by atoms with Gasteiger partial charge in [0.1, 0.15) is 0 Å². The quantitative estimate of drug-likeness (QED) is 0.498. The molecule has 0 amide bonds. The highest BCUT2D eigenvalue weighted by Gasteiger charge is 2.64. The number of carbonyl (C=O) groups excluding carboxylic acids is 1. The molecule has 0 radical (unpaired) electrons. The molecule has 0 bridgehead atoms. The highest BCUT2D eigenvalue weighted by molar-refractivity contribution is 5.68. The summed E-state index contributed by atoms with van der Waals surface area (Å²) in [6.45, 7) is 8.49. The van der Waals surface area contributed by atoms with Crippen molar-refractivity contribution in [2.24, 2.45) is 40.4 Å². The van der Waals surface area contributed by atoms with Crippen molar-refractivity contribution in [3.63, 3.8) is 0 Å². The number of alkyl halides is 2. The van der Waals surface area contributed by atoms with E-state index in [9.17, 15) is 18.7 Å². The van der Waals surface area contributed by atoms with Crippen molar-refractivity contribution in [2.75, 3.05) is 7.11 Å². The topological polar surface area (TPSA) is 46.5 Å². The molecule has 0 aromatic heterocycles. The summed E-state index contributed by atoms with van der Waals surface area (Å²) in [6.07, 6.45) is 7.51. The Balaban J connectivity index is 0.00000132. The Hall–Kier alpha value is -0.710. The van der Waals surface area contributed by atoms with Crippen LogP contribution in [0, 0.1) is 40.4 Å². The van der Waals surface area contributed by atoms with E-state index < -0.39 is 5.92 Å². The minimum Gasteiger partial charge on any atom is -0.469 e. The molecule has 4 rings (SSSR count). The van der Waals surface area contributed by atoms with Crippen molar-refractivity contribution < 1.29 is 23.4 Å². The fourth-order valence-electron chi connectivity index (χ4n) is 8.45. The number of halogens is 2. The number of rotatable bonds is 4. The summed E-state index contributed by atoms with van der Waals surface area (Å²) in [6, 6.07) is 0. The van der Waals surface area contributed by atoms with Crippen LogP contribution in [0.15, 0.2) is 0 Å². The Morgan fingerprint density at radius 1 is 1.03 bits per heavy atom. The van der Waals surface area contributed by atoms with Crippen LogP contribution in [-0.2, 0) is 9.53 Å². The zero-order valence-corrected chi connectivity index (χ0v) is 20.3. The number of hydrogen-bond acceptors (Lipinski definition) is 3. The first-order valence-corrected chi connectivity index (χ1v) is 12.7. The van der Waals surface area contributed by atoms with Crippen molar-refractivity contribution in [1.82, 2.24) is 0 Å². The van der Waals surface area contributed by atoms with Crippen molar-refractivity contribution in [3.05, 3.63) is 0 Å². The molecule has 1 N–H and O–H groups in total. The first kappa shape index (κ1) is 24.9. The van der Waals surface area contributed by atoms with E-state index in [-0.39, 0.29) is 53.5 Å². The van der Waals surface area contributed by atoms with Gasteiger partial charge >= 0.3 is 5.97 Å². The van der Waals surface area contributed by atoms with Crippen LogP contribution >= 0.6 is 0 Å². The van der Waals surface area contributed by atoms with Crippen molar-refractivity contribution in [3.8, 4) is 0 Å². The number of ether oxygens (including phenoxy) is 1. The molecule has 4 fully saturated rings. The van der Waals surface area contributed by atoms with Gasteiger partial charge in [0.2, 0.25) is 5.92 Å². The third-order valence-corrected chi connectivity index (χ3v) is 9.94. The van der Waals surface area contributed by atoms with Crippen molar-refractivity contribution in [1.29, 1.82) is 0 Å². The van der Waals surface area contributed by atoms with Crippen LogP contribution < -0.4 is 0 Å². The van der Waals surface area contributed by atoms with Crippen LogP contribution in [-0.4, -0.2) is 30.2 Å². The maximum atomic E-state index is 14.4. The first-order valence-electron chi connectivity index (χ1n) is 12.7. The third-order valence-electron chi connectivity index (χ3n) is 9.94. The number of aliphatic hydroxyl groups is 1. The lowest BCUT2D eigenvalue weighted by Gasteiger charge is -2.62. The van der Waals surface area contributed by atoms with E-state index >= 15 is 0 Å². The predicted molar refractivity (Wildman–Crippen MR) is 119 cm³/mol. The van der Waals surface area contributed by atoms with Gasteiger partial charge in [0.05, 0.1) is 13.2 Å². The van der Waals surface area contributed by atoms with E-state index in [1.165, 1.54) is 7.11 Å². The zero-order chi connectivity index (χ0) is 23.0. The van der Waals surface area contributed by atoms with Gasteiger partial charge in [0, 0.05) is 19.3 Å². The molecule has 0 spiro atoms. The zero-order valence-electron chi connectivity index (χ0n) is 20.3. The van der Waals surface area contributed by atoms with E-state index in [1.807, 2.05) is 13.8 Å². The minimum atomic E-state index is -2.55. The molecule has 8 unspecified atom stereocenters. The summed E-state index contributed by atoms with van der Waals surface area (Å²) >= 11 is 0. The molecule has 3 nitrogen and oxygen atoms in total. The lowest BCUT2D eigenvalue weighted by atomic mass is 9.44. The van der Waals surface area contributed by atoms with Gasteiger partial charge in [-0.15, -0.1) is 0 Å². The molecular weight excluding hydrogens is 398 g/mol. The second-order valence-electron chi connectivity index (χ2n) is 11.2. The molecule has 4 aliphatic carbocycles. The van der Waals surface area contributed by atoms with Crippen molar-refractivity contribution >= 4 is 5.97 Å². The van der Waals surface area contributed by atoms with Gasteiger partial charge < -0.3 is 9.84 Å². The average molecular weight is 443 g/mol. The van der Waals surface area contributed by atoms with Crippen LogP contribution in [0.3, 0.4) is 0 Å². The Kier molecular flexibility index (Phi) is 7.45. The van der Waals surface area contributed by atoms with E-state index in [1.54, 1.807) is 0 Å². The third kappa shape index (κ3) is 4.42. The molecular formula is C26H44F2O3. The second-order valence-corrected chi connectivity index (χ2v) is 11.2. The summed E-state index contributed by atoms with van der Waals surface area (Å²) < 4.78 is 33.6. The maximum Gasteiger partial charge on any atom is 0.305 e. The standard InChI is InChI=1S/C24H38F2O3.C2H6/c1-22-11-10-18-21(17(22)8-7-15(22)5-4-6-20(28)29-3)19(27)13-16-9-12-24(25,26)14-23(16,18)2;1-2/h15-19,21,27H,4-14H2,1-3H3;1-2H3. The largest absolute Gasteiger partial charge is 0.469 e. The van der Waals surface area contributed by atoms with Crippen LogP contribution in [0.2, 0.25) is 0 Å². The minimum absolute atomic E-state index is 0.00451. The van der Waals surface area contributed by atoms with Crippen molar-refractivity contribution in [2.45, 2.75) is 110 Å². The van der Waals surface area contributed by atoms with E-state index in [0.29, 0.717) is 31.1 Å². The highest BCUT2D eigenvalue weighted by Crippen LogP contribution is 2.68. The van der Waals surface area contributed by atoms with E-state index in [2.05, 4.69) is 13.8 Å². The Bertz CT molecular complexity index is 638. The van der Waals surface area contributed by atoms with Gasteiger partial charge in [0.25, 0.3) is 0 Å². The molecule has 5 heteroatoms. The molecule has 0 heterocycles. The lowest BCUT2D eigenvalue weighted by Crippen LogP contribution is -2.59. The normalized spacial score (nSPS) is 45.4. The number of hydrogen-bond donors (Lipinski definition) is 1. The Morgan fingerprint density at radius 3 is 2.39 bits per heavy atom. The molecule has 0 aromatic rings. The smallest absolute Gasteiger partial charge is 0.305 e. The lowest BCUT2D eigenvalue weighted by molar-refractivity contribution is -0.202. The molecule has 31 heavy (non-hydrogen) atoms. The van der Waals surface area contributed by atoms with Gasteiger partial charge in [-0.3, -0.25) is 4.79 Å². The summed E-state index contributed by atoms with van der Waals surface area (Å²) in [5, 5.41) is 11.2. The van der Waals surface area contributed by atoms with Gasteiger partial charge in [-0.25, -0.2) is 8.78 Å². The fraction of sp³-hybridized carbons (Fsp3) is 0.962. The molecule has 0 aliphatic heterocycles. The molecule has 0 aromatic carbocycles. The molecule has 4 aliphatic rings. The maximum absolute atomic E-state index is 14.4. The molecule has 0 saturated heterocycles. The molecule has 4 saturated carbocycles. The van der Waals surface area contributed by atoms with Crippen LogP contribution in [0.5, 0.6) is 0 Å². The highest BCUT2D eigenvalue weighted by atomic mass is 19.3. The Labute approximate surface area is 187 Å². The summed E-state index contributed by atoms with van der Waals surface area (Å²) in [5.41, 5.74) is -0.172. The number of aliphatic hydroxyl groups excluding tert-OH is 1. The second kappa shape index (κ2) is 9.27. The van der Waals surface area contributed by atoms with Gasteiger partial charge in [-0.05, 0) is 91.8 Å². The van der Waals surface area contributed by atoms with Gasteiger partial charge in [-0.1, -0.05) is 27.7 Å². The summed E-state index contributed by atoms with van der Waals surface area (Å²) in [4.78, 5) is 11.5. The average Bonchev–Trinajstić information content (AvgIpc) is 3.06. The number of esters is 1. The van der Waals surface area contributed by atoms with Crippen LogP contribution in [0.25, 0.3) is 0 Å². The monoisotopic (exact) mass is 442 g/mol. The van der Waals surface area contributed by atoms with Crippen LogP contribution in [0.1, 0.15) is 98.3 Å². The number of methoxy groups -OCH3 is 1. The number of carbonyl (C=O) groups is 1. The predicted octanol–water partition coefficient (Wildman–Crippen LogP) is 6.62. The fourth-order valence-corrected chi connectivity index (χ4v) is 8.45. The van der Waals surface area contributed by atoms with Gasteiger partial charge in [0.15, 0.2) is 0 Å². The molecule has 180 valence electrons.